The minimum atomic E-state index is -4.57. The number of hydrogen-bond acceptors (Lipinski definition) is 5. The summed E-state index contributed by atoms with van der Waals surface area (Å²) in [6.45, 7) is 6.45. The molecule has 1 aromatic heterocycles. The first-order chi connectivity index (χ1) is 31.2. The Morgan fingerprint density at radius 2 is 0.954 bits per heavy atom. The van der Waals surface area contributed by atoms with E-state index in [0.29, 0.717) is 58.0 Å². The Kier molecular flexibility index (Phi) is 14.8. The second kappa shape index (κ2) is 20.8. The first-order valence-corrected chi connectivity index (χ1v) is 21.9. The van der Waals surface area contributed by atoms with Crippen LogP contribution in [0.1, 0.15) is 107 Å². The molecule has 0 unspecified atom stereocenters. The summed E-state index contributed by atoms with van der Waals surface area (Å²) in [5.74, 6) is -0.00898. The predicted octanol–water partition coefficient (Wildman–Crippen LogP) is 11.6. The summed E-state index contributed by atoms with van der Waals surface area (Å²) in [4.78, 5) is 58.4. The fourth-order valence-electron chi connectivity index (χ4n) is 8.11. The first-order valence-electron chi connectivity index (χ1n) is 21.5. The summed E-state index contributed by atoms with van der Waals surface area (Å²) in [5.41, 5.74) is 5.82. The Balaban J connectivity index is 0.000000195. The molecule has 2 saturated heterocycles. The van der Waals surface area contributed by atoms with E-state index >= 15 is 0 Å². The van der Waals surface area contributed by atoms with E-state index in [1.807, 2.05) is 53.1 Å². The van der Waals surface area contributed by atoms with Gasteiger partial charge in [-0.25, -0.2) is 0 Å². The number of amides is 4. The molecular weight excluding hydrogens is 851 g/mol. The van der Waals surface area contributed by atoms with E-state index in [2.05, 4.69) is 52.0 Å². The molecule has 0 bridgehead atoms. The van der Waals surface area contributed by atoms with E-state index in [0.717, 1.165) is 68.2 Å². The van der Waals surface area contributed by atoms with Gasteiger partial charge in [0.2, 0.25) is 0 Å². The van der Waals surface area contributed by atoms with Gasteiger partial charge in [-0.1, -0.05) is 84.4 Å². The summed E-state index contributed by atoms with van der Waals surface area (Å²) >= 11 is 5.90. The number of aryl methyl sites for hydroxylation is 2. The highest BCUT2D eigenvalue weighted by molar-refractivity contribution is 6.30. The Morgan fingerprint density at radius 3 is 1.35 bits per heavy atom. The van der Waals surface area contributed by atoms with E-state index in [4.69, 9.17) is 11.6 Å². The number of benzene rings is 5. The topological polar surface area (TPSA) is 112 Å². The molecule has 2 fully saturated rings. The highest BCUT2D eigenvalue weighted by Crippen LogP contribution is 2.31. The molecule has 65 heavy (non-hydrogen) atoms. The molecule has 2 N–H and O–H groups in total. The second-order valence-corrected chi connectivity index (χ2v) is 16.8. The lowest BCUT2D eigenvalue weighted by Crippen LogP contribution is -2.38. The largest absolute Gasteiger partial charge is 0.433 e. The van der Waals surface area contributed by atoms with Crippen molar-refractivity contribution in [3.63, 3.8) is 0 Å². The molecule has 5 aromatic carbocycles. The number of carbonyl (C=O) groups is 4. The zero-order chi connectivity index (χ0) is 46.1. The number of aromatic nitrogens is 1. The van der Waals surface area contributed by atoms with Gasteiger partial charge in [0.05, 0.1) is 5.56 Å². The lowest BCUT2D eigenvalue weighted by molar-refractivity contribution is -0.141. The molecule has 0 aliphatic carbocycles. The Hall–Kier alpha value is -6.79. The molecular formula is C52H49ClF3N5O4. The van der Waals surface area contributed by atoms with E-state index < -0.39 is 17.8 Å². The minimum Gasteiger partial charge on any atom is -0.339 e. The molecule has 8 rings (SSSR count). The van der Waals surface area contributed by atoms with Crippen LogP contribution in [0, 0.1) is 13.8 Å². The average molecular weight is 900 g/mol. The highest BCUT2D eigenvalue weighted by Gasteiger charge is 2.32. The number of nitrogens with one attached hydrogen (secondary N) is 2. The Morgan fingerprint density at radius 1 is 0.554 bits per heavy atom. The van der Waals surface area contributed by atoms with Crippen molar-refractivity contribution in [1.29, 1.82) is 0 Å². The zero-order valence-electron chi connectivity index (χ0n) is 36.1. The number of piperidine rings is 2. The van der Waals surface area contributed by atoms with Crippen LogP contribution < -0.4 is 10.6 Å². The third-order valence-electron chi connectivity index (χ3n) is 12.0. The van der Waals surface area contributed by atoms with E-state index in [1.54, 1.807) is 55.5 Å². The second-order valence-electron chi connectivity index (χ2n) is 16.4. The summed E-state index contributed by atoms with van der Waals surface area (Å²) in [6, 6.07) is 39.9. The van der Waals surface area contributed by atoms with Crippen molar-refractivity contribution in [2.24, 2.45) is 0 Å². The smallest absolute Gasteiger partial charge is 0.339 e. The van der Waals surface area contributed by atoms with E-state index in [1.165, 1.54) is 11.1 Å². The van der Waals surface area contributed by atoms with Gasteiger partial charge >= 0.3 is 6.18 Å². The van der Waals surface area contributed by atoms with Crippen LogP contribution in [0.4, 0.5) is 24.5 Å². The quantitative estimate of drug-likeness (QED) is 0.158. The molecule has 0 radical (unpaired) electrons. The fourth-order valence-corrected chi connectivity index (χ4v) is 8.24. The molecule has 0 spiro atoms. The molecule has 334 valence electrons. The average Bonchev–Trinajstić information content (AvgIpc) is 3.33. The van der Waals surface area contributed by atoms with Crippen LogP contribution in [0.25, 0.3) is 0 Å². The monoisotopic (exact) mass is 899 g/mol. The number of nitrogens with zero attached hydrogens (tertiary/aromatic N) is 3. The highest BCUT2D eigenvalue weighted by atomic mass is 35.5. The number of alkyl halides is 3. The number of rotatable bonds is 8. The summed E-state index contributed by atoms with van der Waals surface area (Å²) in [6.07, 6.45) is -0.00294. The van der Waals surface area contributed by atoms with Gasteiger partial charge in [-0.3, -0.25) is 24.2 Å². The van der Waals surface area contributed by atoms with Crippen LogP contribution in [0.5, 0.6) is 0 Å². The van der Waals surface area contributed by atoms with Crippen LogP contribution in [-0.4, -0.2) is 64.6 Å². The predicted molar refractivity (Wildman–Crippen MR) is 248 cm³/mol. The van der Waals surface area contributed by atoms with Gasteiger partial charge < -0.3 is 20.4 Å². The van der Waals surface area contributed by atoms with Crippen molar-refractivity contribution >= 4 is 46.6 Å². The number of anilines is 2. The standard InChI is InChI=1S/C26H25ClN2O2.C26H24F3N3O2/c1-18-7-8-22(17-24(18)28-25(30)21-9-11-23(27)12-10-21)26(31)29-15-13-20(14-16-29)19-5-3-2-4-6-19;1-17-7-8-20(25(34)32-13-11-19(12-14-32)18-5-3-2-4-6-18)15-22(17)31-24(33)21-9-10-23(30-16-21)26(27,28)29/h2-12,17,20H,13-16H2,1H3,(H,28,30);2-10,15-16,19H,11-14H2,1H3,(H,31,33). The number of likely N-dealkylation sites (tertiary alicyclic amines) is 2. The van der Waals surface area contributed by atoms with Gasteiger partial charge in [-0.15, -0.1) is 0 Å². The molecule has 0 atom stereocenters. The number of carbonyl (C=O) groups excluding carboxylic acids is 4. The van der Waals surface area contributed by atoms with Crippen molar-refractivity contribution in [2.75, 3.05) is 36.8 Å². The third-order valence-corrected chi connectivity index (χ3v) is 12.2. The number of pyridine rings is 1. The minimum absolute atomic E-state index is 0.00730. The molecule has 2 aliphatic heterocycles. The normalized spacial score (nSPS) is 14.5. The van der Waals surface area contributed by atoms with Crippen molar-refractivity contribution < 1.29 is 32.3 Å². The maximum atomic E-state index is 13.1. The molecule has 13 heteroatoms. The summed E-state index contributed by atoms with van der Waals surface area (Å²) < 4.78 is 38.1. The van der Waals surface area contributed by atoms with Crippen LogP contribution in [0.2, 0.25) is 5.02 Å². The van der Waals surface area contributed by atoms with Crippen molar-refractivity contribution in [3.8, 4) is 0 Å². The van der Waals surface area contributed by atoms with Gasteiger partial charge in [0, 0.05) is 65.5 Å². The molecule has 2 aliphatic rings. The maximum Gasteiger partial charge on any atom is 0.433 e. The summed E-state index contributed by atoms with van der Waals surface area (Å²) in [7, 11) is 0. The third kappa shape index (κ3) is 11.9. The fraction of sp³-hybridized carbons (Fsp3) is 0.250. The van der Waals surface area contributed by atoms with Crippen molar-refractivity contribution in [2.45, 2.75) is 57.5 Å². The zero-order valence-corrected chi connectivity index (χ0v) is 36.8. The first kappa shape index (κ1) is 46.2. The SMILES string of the molecule is Cc1ccc(C(=O)N2CCC(c3ccccc3)CC2)cc1NC(=O)c1ccc(C(F)(F)F)nc1.Cc1ccc(C(=O)N2CCC(c3ccccc3)CC2)cc1NC(=O)c1ccc(Cl)cc1. The van der Waals surface area contributed by atoms with E-state index in [-0.39, 0.29) is 23.3 Å². The van der Waals surface area contributed by atoms with Crippen LogP contribution in [0.3, 0.4) is 0 Å². The van der Waals surface area contributed by atoms with Crippen LogP contribution in [0.15, 0.2) is 140 Å². The molecule has 9 nitrogen and oxygen atoms in total. The lowest BCUT2D eigenvalue weighted by atomic mass is 9.89. The Labute approximate surface area is 381 Å². The Bertz CT molecular complexity index is 2610. The van der Waals surface area contributed by atoms with Gasteiger partial charge in [-0.05, 0) is 134 Å². The van der Waals surface area contributed by atoms with Gasteiger partial charge in [0.15, 0.2) is 0 Å². The molecule has 6 aromatic rings. The van der Waals surface area contributed by atoms with Crippen LogP contribution in [-0.2, 0) is 6.18 Å². The molecule has 3 heterocycles. The number of hydrogen-bond donors (Lipinski definition) is 2. The molecule has 4 amide bonds. The van der Waals surface area contributed by atoms with Crippen molar-refractivity contribution in [1.82, 2.24) is 14.8 Å². The van der Waals surface area contributed by atoms with Gasteiger partial charge in [-0.2, -0.15) is 13.2 Å². The lowest BCUT2D eigenvalue weighted by Gasteiger charge is -2.32. The van der Waals surface area contributed by atoms with Gasteiger partial charge in [0.25, 0.3) is 23.6 Å². The summed E-state index contributed by atoms with van der Waals surface area (Å²) in [5, 5.41) is 6.18. The maximum absolute atomic E-state index is 13.1. The number of halogens is 4. The van der Waals surface area contributed by atoms with E-state index in [9.17, 15) is 32.3 Å². The van der Waals surface area contributed by atoms with Crippen LogP contribution >= 0.6 is 11.6 Å². The van der Waals surface area contributed by atoms with Crippen molar-refractivity contribution in [3.05, 3.63) is 195 Å². The molecule has 0 saturated carbocycles. The van der Waals surface area contributed by atoms with Gasteiger partial charge in [0.1, 0.15) is 5.69 Å².